The van der Waals surface area contributed by atoms with Crippen LogP contribution in [0.2, 0.25) is 0 Å². The molecule has 448 valence electrons. The SMILES string of the molecule is [N-]=[N+]=NC[C@@H](O[C@@H]1C(N=[N+]=[N-])CC(N=[N+]=[N-])C2OC3(CCCCC3)OC21)OC1(CCOCO/C(=C(\N=[N+]=[N-])[C@H](O)O[C@H](CN=[N+]=[N-])C2=C([C@@H](O)N=[N+]=[N-])OC3(CCCCC3)O2)[C@H]2CCOC3(CCCCC3)O2)COC2(CCCCC2)OC1. The van der Waals surface area contributed by atoms with Crippen LogP contribution in [0.3, 0.4) is 0 Å². The zero-order valence-corrected chi connectivity index (χ0v) is 45.7. The monoisotopic (exact) mass is 1150 g/mol. The van der Waals surface area contributed by atoms with Crippen LogP contribution >= 0.6 is 0 Å². The maximum absolute atomic E-state index is 12.1. The zero-order valence-electron chi connectivity index (χ0n) is 45.7. The fraction of sp³-hybridized carbons (Fsp3) is 0.918. The van der Waals surface area contributed by atoms with Gasteiger partial charge < -0.3 is 71.8 Å². The highest BCUT2D eigenvalue weighted by atomic mass is 16.8. The smallest absolute Gasteiger partial charge is 0.250 e. The summed E-state index contributed by atoms with van der Waals surface area (Å²) >= 11 is 0. The molecule has 33 nitrogen and oxygen atoms in total. The van der Waals surface area contributed by atoms with Crippen molar-refractivity contribution in [3.8, 4) is 0 Å². The van der Waals surface area contributed by atoms with Gasteiger partial charge in [-0.05, 0) is 91.0 Å². The van der Waals surface area contributed by atoms with Crippen molar-refractivity contribution in [3.05, 3.63) is 85.6 Å². The van der Waals surface area contributed by atoms with Crippen LogP contribution in [0.1, 0.15) is 148 Å². The minimum Gasteiger partial charge on any atom is -0.469 e. The van der Waals surface area contributed by atoms with Gasteiger partial charge in [0, 0.05) is 93.7 Å². The fourth-order valence-electron chi connectivity index (χ4n) is 12.8. The Morgan fingerprint density at radius 3 is 1.85 bits per heavy atom. The molecule has 0 aromatic heterocycles. The molecule has 3 saturated heterocycles. The van der Waals surface area contributed by atoms with Gasteiger partial charge in [-0.2, -0.15) is 0 Å². The summed E-state index contributed by atoms with van der Waals surface area (Å²) in [4.78, 5) is 17.8. The van der Waals surface area contributed by atoms with E-state index in [0.29, 0.717) is 64.2 Å². The highest BCUT2D eigenvalue weighted by Crippen LogP contribution is 2.49. The van der Waals surface area contributed by atoms with E-state index in [0.717, 1.165) is 64.2 Å². The molecule has 4 spiro atoms. The Labute approximate surface area is 471 Å². The molecule has 0 radical (unpaired) electrons. The number of azide groups is 6. The molecular weight excluding hydrogens is 1080 g/mol. The summed E-state index contributed by atoms with van der Waals surface area (Å²) in [5.74, 6) is -4.76. The molecule has 0 amide bonds. The minimum atomic E-state index is -2.15. The molecule has 4 unspecified atom stereocenters. The molecule has 33 heteroatoms. The topological polar surface area (TPSA) is 453 Å². The van der Waals surface area contributed by atoms with E-state index < -0.39 is 109 Å². The summed E-state index contributed by atoms with van der Waals surface area (Å²) in [6.45, 7) is -1.32. The van der Waals surface area contributed by atoms with Gasteiger partial charge in [0.1, 0.15) is 35.4 Å². The minimum absolute atomic E-state index is 0.00976. The average Bonchev–Trinajstić information content (AvgIpc) is 3.89. The molecule has 5 aliphatic carbocycles. The van der Waals surface area contributed by atoms with E-state index in [-0.39, 0.29) is 69.5 Å². The number of fused-ring (bicyclic) bond motifs is 1. The quantitative estimate of drug-likeness (QED) is 0.0226. The maximum atomic E-state index is 12.1. The Hall–Kier alpha value is -5.74. The molecule has 9 aliphatic rings. The molecule has 82 heavy (non-hydrogen) atoms. The lowest BCUT2D eigenvalue weighted by atomic mass is 9.84. The fourth-order valence-corrected chi connectivity index (χ4v) is 12.8. The molecule has 9 rings (SSSR count). The lowest BCUT2D eigenvalue weighted by Gasteiger charge is -2.49. The molecule has 10 atom stereocenters. The van der Waals surface area contributed by atoms with Crippen LogP contribution in [-0.4, -0.2) is 147 Å². The molecular formula is C49H72N18O15. The van der Waals surface area contributed by atoms with Gasteiger partial charge in [-0.15, -0.1) is 0 Å². The van der Waals surface area contributed by atoms with Crippen molar-refractivity contribution in [1.82, 2.24) is 0 Å². The van der Waals surface area contributed by atoms with Crippen LogP contribution in [0.4, 0.5) is 0 Å². The number of ether oxygens (including phenoxy) is 13. The van der Waals surface area contributed by atoms with Gasteiger partial charge in [-0.3, -0.25) is 0 Å². The van der Waals surface area contributed by atoms with Crippen LogP contribution in [-0.2, 0) is 61.6 Å². The Kier molecular flexibility index (Phi) is 20.9. The third-order valence-corrected chi connectivity index (χ3v) is 16.8. The van der Waals surface area contributed by atoms with Crippen molar-refractivity contribution < 1.29 is 71.8 Å². The molecule has 2 N–H and O–H groups in total. The van der Waals surface area contributed by atoms with E-state index in [9.17, 15) is 43.4 Å². The van der Waals surface area contributed by atoms with E-state index in [1.165, 1.54) is 0 Å². The van der Waals surface area contributed by atoms with Gasteiger partial charge in [-0.1, -0.05) is 56.4 Å². The summed E-state index contributed by atoms with van der Waals surface area (Å²) < 4.78 is 84.1. The third kappa shape index (κ3) is 14.4. The van der Waals surface area contributed by atoms with Gasteiger partial charge in [0.15, 0.2) is 54.5 Å². The van der Waals surface area contributed by atoms with Crippen LogP contribution in [0.15, 0.2) is 53.7 Å². The molecule has 0 aromatic carbocycles. The predicted molar refractivity (Wildman–Crippen MR) is 279 cm³/mol. The zero-order chi connectivity index (χ0) is 57.5. The Balaban J connectivity index is 0.972. The molecule has 0 aromatic rings. The highest BCUT2D eigenvalue weighted by molar-refractivity contribution is 5.20. The Morgan fingerprint density at radius 2 is 1.22 bits per heavy atom. The summed E-state index contributed by atoms with van der Waals surface area (Å²) in [6.07, 6.45) is 4.72. The first-order valence-corrected chi connectivity index (χ1v) is 28.5. The van der Waals surface area contributed by atoms with Gasteiger partial charge in [-0.25, -0.2) is 0 Å². The Morgan fingerprint density at radius 1 is 0.622 bits per heavy atom. The second kappa shape index (κ2) is 28.2. The van der Waals surface area contributed by atoms with Crippen molar-refractivity contribution in [2.75, 3.05) is 46.3 Å². The van der Waals surface area contributed by atoms with Crippen LogP contribution in [0.25, 0.3) is 62.7 Å². The maximum Gasteiger partial charge on any atom is 0.250 e. The van der Waals surface area contributed by atoms with Gasteiger partial charge in [0.25, 0.3) is 5.79 Å². The predicted octanol–water partition coefficient (Wildman–Crippen LogP) is 10.6. The van der Waals surface area contributed by atoms with Crippen molar-refractivity contribution in [2.45, 2.75) is 238 Å². The van der Waals surface area contributed by atoms with Gasteiger partial charge >= 0.3 is 0 Å². The number of hydrogen-bond acceptors (Lipinski definition) is 21. The number of aliphatic hydroxyl groups is 2. The van der Waals surface area contributed by atoms with Crippen LogP contribution < -0.4 is 0 Å². The van der Waals surface area contributed by atoms with Crippen molar-refractivity contribution >= 4 is 0 Å². The normalized spacial score (nSPS) is 30.1. The van der Waals surface area contributed by atoms with Gasteiger partial charge in [0.2, 0.25) is 0 Å². The highest BCUT2D eigenvalue weighted by Gasteiger charge is 2.59. The number of hydrogen-bond donors (Lipinski definition) is 2. The van der Waals surface area contributed by atoms with Crippen molar-refractivity contribution in [1.29, 1.82) is 0 Å². The second-order valence-corrected chi connectivity index (χ2v) is 22.2. The Bertz CT molecular complexity index is 2560. The van der Waals surface area contributed by atoms with E-state index in [1.807, 2.05) is 0 Å². The standard InChI is InChI=1S/C49H72N18O15/c50-62-56-26-34(40-42(43(68)61-67-55)82-49(80-40)20-11-4-12-21-49)75-44(69)36(60-66-54)39(33-13-23-72-47(77-33)16-7-2-8-17-47)71-30-70-24-22-45(28-73-46(74-29-45)14-5-1-6-15-46)78-35(27-57-63-51)76-37-31(58-64-52)25-32(59-65-53)38-41(37)81-48(79-38)18-9-3-10-19-48/h31-35,37-38,41,43-44,68-69H,1-30H2/b39-36-/t31?,32?,33-,34-,35+,37-,38?,41?,43-,44-/m1/s1. The first-order valence-electron chi connectivity index (χ1n) is 28.5. The number of rotatable bonds is 24. The first kappa shape index (κ1) is 60.8. The molecule has 4 aliphatic heterocycles. The summed E-state index contributed by atoms with van der Waals surface area (Å²) in [6, 6.07) is -1.66. The second-order valence-electron chi connectivity index (χ2n) is 22.2. The first-order chi connectivity index (χ1) is 40.0. The van der Waals surface area contributed by atoms with E-state index >= 15 is 0 Å². The summed E-state index contributed by atoms with van der Waals surface area (Å²) in [5.41, 5.74) is 55.9. The van der Waals surface area contributed by atoms with Crippen molar-refractivity contribution in [3.63, 3.8) is 0 Å². The lowest BCUT2D eigenvalue weighted by molar-refractivity contribution is -0.360. The lowest BCUT2D eigenvalue weighted by Crippen LogP contribution is -2.59. The summed E-state index contributed by atoms with van der Waals surface area (Å²) in [5, 5.41) is 45.9. The van der Waals surface area contributed by atoms with E-state index in [1.54, 1.807) is 0 Å². The molecule has 5 saturated carbocycles. The van der Waals surface area contributed by atoms with E-state index in [4.69, 9.17) is 61.6 Å². The van der Waals surface area contributed by atoms with Crippen LogP contribution in [0.5, 0.6) is 0 Å². The summed E-state index contributed by atoms with van der Waals surface area (Å²) in [7, 11) is 0. The molecule has 4 heterocycles. The third-order valence-electron chi connectivity index (χ3n) is 16.8. The average molecular weight is 1150 g/mol. The number of aliphatic hydroxyl groups excluding tert-OH is 2. The van der Waals surface area contributed by atoms with Gasteiger partial charge in [0.05, 0.1) is 63.8 Å². The van der Waals surface area contributed by atoms with Crippen LogP contribution in [0, 0.1) is 0 Å². The van der Waals surface area contributed by atoms with Crippen molar-refractivity contribution in [2.24, 2.45) is 30.7 Å². The molecule has 8 fully saturated rings. The number of nitrogens with zero attached hydrogens (tertiary/aromatic N) is 18. The largest absolute Gasteiger partial charge is 0.469 e. The molecule has 0 bridgehead atoms. The van der Waals surface area contributed by atoms with E-state index in [2.05, 4.69) is 60.2 Å².